The molecule has 0 fully saturated rings. The Morgan fingerprint density at radius 2 is 2.09 bits per heavy atom. The molecule has 2 aromatic heterocycles. The minimum Gasteiger partial charge on any atom is -0.497 e. The molecule has 1 N–H and O–H groups in total. The van der Waals surface area contributed by atoms with Crippen LogP contribution in [0.5, 0.6) is 11.5 Å². The molecule has 0 radical (unpaired) electrons. The van der Waals surface area contributed by atoms with Crippen LogP contribution in [0.25, 0.3) is 10.2 Å². The van der Waals surface area contributed by atoms with Crippen LogP contribution in [0.3, 0.4) is 0 Å². The van der Waals surface area contributed by atoms with Crippen molar-refractivity contribution in [2.45, 2.75) is 19.5 Å². The molecule has 0 amide bonds. The molecule has 3 rings (SSSR count). The molecule has 0 bridgehead atoms. The average molecular weight is 329 g/mol. The van der Waals surface area contributed by atoms with Crippen LogP contribution in [0.1, 0.15) is 23.5 Å². The van der Waals surface area contributed by atoms with E-state index in [0.717, 1.165) is 32.3 Å². The van der Waals surface area contributed by atoms with E-state index in [4.69, 9.17) is 9.47 Å². The van der Waals surface area contributed by atoms with Crippen LogP contribution in [-0.4, -0.2) is 24.2 Å². The number of nitrogens with zero attached hydrogens (tertiary/aromatic N) is 2. The van der Waals surface area contributed by atoms with Gasteiger partial charge in [-0.1, -0.05) is 0 Å². The van der Waals surface area contributed by atoms with Crippen molar-refractivity contribution in [3.8, 4) is 11.5 Å². The second-order valence-electron chi connectivity index (χ2n) is 5.16. The zero-order valence-electron chi connectivity index (χ0n) is 13.4. The highest BCUT2D eigenvalue weighted by Gasteiger charge is 2.12. The minimum atomic E-state index is 0.148. The Kier molecular flexibility index (Phi) is 4.73. The number of aromatic nitrogens is 2. The number of pyridine rings is 1. The lowest BCUT2D eigenvalue weighted by atomic mass is 10.1. The third-order valence-electron chi connectivity index (χ3n) is 3.70. The maximum absolute atomic E-state index is 5.36. The van der Waals surface area contributed by atoms with E-state index < -0.39 is 0 Å². The maximum atomic E-state index is 5.36. The molecule has 2 heterocycles. The number of fused-ring (bicyclic) bond motifs is 1. The Hall–Kier alpha value is -2.18. The van der Waals surface area contributed by atoms with Crippen LogP contribution in [-0.2, 0) is 6.54 Å². The molecule has 3 aromatic rings. The monoisotopic (exact) mass is 329 g/mol. The van der Waals surface area contributed by atoms with Crippen LogP contribution in [0.4, 0.5) is 0 Å². The molecule has 1 unspecified atom stereocenters. The highest BCUT2D eigenvalue weighted by molar-refractivity contribution is 7.18. The minimum absolute atomic E-state index is 0.148. The largest absolute Gasteiger partial charge is 0.497 e. The molecule has 23 heavy (non-hydrogen) atoms. The number of methoxy groups -OCH3 is 2. The molecular formula is C17H19N3O2S. The van der Waals surface area contributed by atoms with Crippen molar-refractivity contribution >= 4 is 21.6 Å². The van der Waals surface area contributed by atoms with E-state index in [1.807, 2.05) is 24.3 Å². The summed E-state index contributed by atoms with van der Waals surface area (Å²) in [6, 6.07) is 8.06. The standard InChI is InChI=1S/C17H19N3O2S/c1-11(13-6-7-18-9-15(13)22-3)19-10-17-20-14-5-4-12(21-2)8-16(14)23-17/h4-9,11,19H,10H2,1-3H3. The molecule has 0 aliphatic rings. The number of benzene rings is 1. The van der Waals surface area contributed by atoms with Gasteiger partial charge in [0.05, 0.1) is 30.6 Å². The van der Waals surface area contributed by atoms with Gasteiger partial charge in [0.25, 0.3) is 0 Å². The summed E-state index contributed by atoms with van der Waals surface area (Å²) in [7, 11) is 3.34. The summed E-state index contributed by atoms with van der Waals surface area (Å²) in [6.07, 6.45) is 3.51. The normalized spacial score (nSPS) is 12.3. The van der Waals surface area contributed by atoms with Crippen molar-refractivity contribution in [2.75, 3.05) is 14.2 Å². The predicted octanol–water partition coefficient (Wildman–Crippen LogP) is 3.56. The molecule has 1 aromatic carbocycles. The van der Waals surface area contributed by atoms with Gasteiger partial charge in [-0.05, 0) is 31.2 Å². The third-order valence-corrected chi connectivity index (χ3v) is 4.72. The maximum Gasteiger partial charge on any atom is 0.141 e. The second-order valence-corrected chi connectivity index (χ2v) is 6.28. The van der Waals surface area contributed by atoms with Gasteiger partial charge < -0.3 is 14.8 Å². The average Bonchev–Trinajstić information content (AvgIpc) is 3.01. The Bertz CT molecular complexity index is 803. The number of hydrogen-bond acceptors (Lipinski definition) is 6. The zero-order valence-corrected chi connectivity index (χ0v) is 14.2. The Balaban J connectivity index is 1.72. The quantitative estimate of drug-likeness (QED) is 0.749. The van der Waals surface area contributed by atoms with E-state index in [9.17, 15) is 0 Å². The Morgan fingerprint density at radius 3 is 2.87 bits per heavy atom. The first-order chi connectivity index (χ1) is 11.2. The molecule has 0 aliphatic heterocycles. The lowest BCUT2D eigenvalue weighted by Gasteiger charge is -2.15. The van der Waals surface area contributed by atoms with E-state index in [0.29, 0.717) is 6.54 Å². The van der Waals surface area contributed by atoms with Gasteiger partial charge in [-0.25, -0.2) is 4.98 Å². The van der Waals surface area contributed by atoms with E-state index in [2.05, 4.69) is 22.2 Å². The summed E-state index contributed by atoms with van der Waals surface area (Å²) in [4.78, 5) is 8.74. The number of ether oxygens (including phenoxy) is 2. The Labute approximate surface area is 139 Å². The lowest BCUT2D eigenvalue weighted by molar-refractivity contribution is 0.399. The predicted molar refractivity (Wildman–Crippen MR) is 92.2 cm³/mol. The summed E-state index contributed by atoms with van der Waals surface area (Å²) in [5.41, 5.74) is 2.09. The van der Waals surface area contributed by atoms with Gasteiger partial charge >= 0.3 is 0 Å². The van der Waals surface area contributed by atoms with Gasteiger partial charge in [0.15, 0.2) is 0 Å². The van der Waals surface area contributed by atoms with E-state index >= 15 is 0 Å². The van der Waals surface area contributed by atoms with Gasteiger partial charge in [0.2, 0.25) is 0 Å². The zero-order chi connectivity index (χ0) is 16.2. The SMILES string of the molecule is COc1ccc2nc(CNC(C)c3ccncc3OC)sc2c1. The van der Waals surface area contributed by atoms with Crippen LogP contribution >= 0.6 is 11.3 Å². The summed E-state index contributed by atoms with van der Waals surface area (Å²) in [5, 5.41) is 4.54. The molecule has 1 atom stereocenters. The summed E-state index contributed by atoms with van der Waals surface area (Å²) < 4.78 is 11.8. The molecule has 120 valence electrons. The summed E-state index contributed by atoms with van der Waals surface area (Å²) in [5.74, 6) is 1.65. The smallest absolute Gasteiger partial charge is 0.141 e. The fourth-order valence-corrected chi connectivity index (χ4v) is 3.37. The highest BCUT2D eigenvalue weighted by Crippen LogP contribution is 2.27. The number of hydrogen-bond donors (Lipinski definition) is 1. The number of thiazole rings is 1. The summed E-state index contributed by atoms with van der Waals surface area (Å²) >= 11 is 1.68. The van der Waals surface area contributed by atoms with Gasteiger partial charge in [0, 0.05) is 24.3 Å². The van der Waals surface area contributed by atoms with E-state index in [1.165, 1.54) is 0 Å². The first-order valence-corrected chi connectivity index (χ1v) is 8.17. The fraction of sp³-hybridized carbons (Fsp3) is 0.294. The second kappa shape index (κ2) is 6.93. The third kappa shape index (κ3) is 3.43. The van der Waals surface area contributed by atoms with Gasteiger partial charge in [-0.15, -0.1) is 11.3 Å². The lowest BCUT2D eigenvalue weighted by Crippen LogP contribution is -2.18. The first-order valence-electron chi connectivity index (χ1n) is 7.36. The van der Waals surface area contributed by atoms with E-state index in [-0.39, 0.29) is 6.04 Å². The van der Waals surface area contributed by atoms with Crippen molar-refractivity contribution in [2.24, 2.45) is 0 Å². The molecule has 0 saturated carbocycles. The topological polar surface area (TPSA) is 56.3 Å². The summed E-state index contributed by atoms with van der Waals surface area (Å²) in [6.45, 7) is 2.81. The molecular weight excluding hydrogens is 310 g/mol. The van der Waals surface area contributed by atoms with Crippen molar-refractivity contribution in [1.29, 1.82) is 0 Å². The van der Waals surface area contributed by atoms with Crippen molar-refractivity contribution in [3.05, 3.63) is 47.2 Å². The fourth-order valence-electron chi connectivity index (χ4n) is 2.42. The van der Waals surface area contributed by atoms with Crippen LogP contribution in [0.2, 0.25) is 0 Å². The molecule has 0 saturated heterocycles. The van der Waals surface area contributed by atoms with Crippen molar-refractivity contribution in [3.63, 3.8) is 0 Å². The molecule has 5 nitrogen and oxygen atoms in total. The number of nitrogens with one attached hydrogen (secondary N) is 1. The molecule has 0 aliphatic carbocycles. The van der Waals surface area contributed by atoms with Gasteiger partial charge in [-0.2, -0.15) is 0 Å². The number of rotatable bonds is 6. The van der Waals surface area contributed by atoms with Crippen molar-refractivity contribution in [1.82, 2.24) is 15.3 Å². The first kappa shape index (κ1) is 15.7. The highest BCUT2D eigenvalue weighted by atomic mass is 32.1. The van der Waals surface area contributed by atoms with Crippen molar-refractivity contribution < 1.29 is 9.47 Å². The van der Waals surface area contributed by atoms with Crippen LogP contribution in [0, 0.1) is 0 Å². The van der Waals surface area contributed by atoms with Gasteiger partial charge in [0.1, 0.15) is 16.5 Å². The molecule has 6 heteroatoms. The van der Waals surface area contributed by atoms with Crippen LogP contribution < -0.4 is 14.8 Å². The molecule has 0 spiro atoms. The van der Waals surface area contributed by atoms with Crippen LogP contribution in [0.15, 0.2) is 36.7 Å². The van der Waals surface area contributed by atoms with Gasteiger partial charge in [-0.3, -0.25) is 4.98 Å². The van der Waals surface area contributed by atoms with E-state index in [1.54, 1.807) is 38.0 Å². The Morgan fingerprint density at radius 1 is 1.22 bits per heavy atom.